The van der Waals surface area contributed by atoms with E-state index < -0.39 is 0 Å². The third kappa shape index (κ3) is 2.34. The van der Waals surface area contributed by atoms with Crippen molar-refractivity contribution in [2.24, 2.45) is 4.99 Å². The summed E-state index contributed by atoms with van der Waals surface area (Å²) in [5, 5.41) is 0. The van der Waals surface area contributed by atoms with Gasteiger partial charge in [0.15, 0.2) is 0 Å². The molecule has 1 aromatic rings. The van der Waals surface area contributed by atoms with E-state index in [0.29, 0.717) is 6.54 Å². The van der Waals surface area contributed by atoms with Crippen LogP contribution in [0.2, 0.25) is 0 Å². The highest BCUT2D eigenvalue weighted by Gasteiger charge is 2.11. The molecule has 0 atom stereocenters. The molecule has 0 fully saturated rings. The highest BCUT2D eigenvalue weighted by atomic mass is 16.1. The van der Waals surface area contributed by atoms with Crippen molar-refractivity contribution >= 4 is 6.08 Å². The molecule has 0 heterocycles. The lowest BCUT2D eigenvalue weighted by Gasteiger charge is -2.18. The Morgan fingerprint density at radius 1 is 1.27 bits per heavy atom. The average molecular weight is 201 g/mol. The van der Waals surface area contributed by atoms with Gasteiger partial charge < -0.3 is 0 Å². The maximum Gasteiger partial charge on any atom is 0.234 e. The zero-order chi connectivity index (χ0) is 10.5. The van der Waals surface area contributed by atoms with Gasteiger partial charge in [-0.05, 0) is 48.8 Å². The quantitative estimate of drug-likeness (QED) is 0.545. The second-order valence-corrected chi connectivity index (χ2v) is 3.98. The Labute approximate surface area is 90.0 Å². The molecule has 0 bridgehead atoms. The van der Waals surface area contributed by atoms with Gasteiger partial charge in [0.25, 0.3) is 0 Å². The largest absolute Gasteiger partial charge is 0.234 e. The maximum absolute atomic E-state index is 9.99. The van der Waals surface area contributed by atoms with Crippen molar-refractivity contribution in [2.75, 3.05) is 6.54 Å². The molecular formula is C13H15NO. The second kappa shape index (κ2) is 4.90. The number of hydrogen-bond donors (Lipinski definition) is 0. The predicted molar refractivity (Wildman–Crippen MR) is 59.8 cm³/mol. The van der Waals surface area contributed by atoms with Crippen LogP contribution in [0.4, 0.5) is 0 Å². The Morgan fingerprint density at radius 3 is 3.00 bits per heavy atom. The zero-order valence-corrected chi connectivity index (χ0v) is 8.83. The van der Waals surface area contributed by atoms with Crippen LogP contribution in [0.5, 0.6) is 0 Å². The average Bonchev–Trinajstić information content (AvgIpc) is 2.30. The number of nitrogens with zero attached hydrogens (tertiary/aromatic N) is 1. The predicted octanol–water partition coefficient (Wildman–Crippen LogP) is 2.44. The number of aliphatic imine (C=N–C) groups is 1. The molecule has 0 N–H and O–H groups in total. The summed E-state index contributed by atoms with van der Waals surface area (Å²) in [5.41, 5.74) is 4.37. The molecule has 0 aromatic heterocycles. The summed E-state index contributed by atoms with van der Waals surface area (Å²) >= 11 is 0. The topological polar surface area (TPSA) is 29.4 Å². The molecule has 78 valence electrons. The molecule has 2 heteroatoms. The summed E-state index contributed by atoms with van der Waals surface area (Å²) in [6.45, 7) is 0.569. The Bertz CT molecular complexity index is 392. The standard InChI is InChI=1S/C13H15NO/c15-10-14-9-8-12-6-3-5-11-4-1-2-7-13(11)12/h3,5-6H,1-2,4,7-9H2. The van der Waals surface area contributed by atoms with Gasteiger partial charge in [0, 0.05) is 0 Å². The monoisotopic (exact) mass is 201 g/mol. The number of carbonyl (C=O) groups excluding carboxylic acids is 1. The molecular weight excluding hydrogens is 186 g/mol. The van der Waals surface area contributed by atoms with E-state index in [2.05, 4.69) is 23.2 Å². The lowest BCUT2D eigenvalue weighted by atomic mass is 9.87. The van der Waals surface area contributed by atoms with Crippen LogP contribution in [0.25, 0.3) is 0 Å². The van der Waals surface area contributed by atoms with Crippen molar-refractivity contribution in [1.82, 2.24) is 0 Å². The van der Waals surface area contributed by atoms with Crippen LogP contribution in [-0.4, -0.2) is 12.6 Å². The van der Waals surface area contributed by atoms with Crippen LogP contribution >= 0.6 is 0 Å². The van der Waals surface area contributed by atoms with Crippen molar-refractivity contribution in [3.63, 3.8) is 0 Å². The Balaban J connectivity index is 2.19. The van der Waals surface area contributed by atoms with Crippen molar-refractivity contribution in [3.05, 3.63) is 34.9 Å². The molecule has 0 amide bonds. The fraction of sp³-hybridized carbons (Fsp3) is 0.462. The SMILES string of the molecule is O=C=NCCc1cccc2c1CCCC2. The molecule has 1 aliphatic carbocycles. The Hall–Kier alpha value is -1.40. The van der Waals surface area contributed by atoms with Crippen molar-refractivity contribution in [1.29, 1.82) is 0 Å². The lowest BCUT2D eigenvalue weighted by Crippen LogP contribution is -2.07. The molecule has 15 heavy (non-hydrogen) atoms. The first kappa shape index (κ1) is 10.1. The fourth-order valence-electron chi connectivity index (χ4n) is 2.32. The number of hydrogen-bond acceptors (Lipinski definition) is 2. The van der Waals surface area contributed by atoms with E-state index in [0.717, 1.165) is 6.42 Å². The van der Waals surface area contributed by atoms with Crippen LogP contribution in [0.15, 0.2) is 23.2 Å². The molecule has 0 saturated heterocycles. The molecule has 0 spiro atoms. The number of aryl methyl sites for hydroxylation is 1. The van der Waals surface area contributed by atoms with Crippen LogP contribution in [0.1, 0.15) is 29.5 Å². The van der Waals surface area contributed by atoms with E-state index in [1.165, 1.54) is 42.4 Å². The highest BCUT2D eigenvalue weighted by Crippen LogP contribution is 2.24. The summed E-state index contributed by atoms with van der Waals surface area (Å²) < 4.78 is 0. The summed E-state index contributed by atoms with van der Waals surface area (Å²) in [5.74, 6) is 0. The third-order valence-electron chi connectivity index (χ3n) is 3.05. The van der Waals surface area contributed by atoms with Gasteiger partial charge in [-0.3, -0.25) is 0 Å². The Kier molecular flexibility index (Phi) is 3.31. The zero-order valence-electron chi connectivity index (χ0n) is 8.83. The molecule has 2 nitrogen and oxygen atoms in total. The minimum Gasteiger partial charge on any atom is -0.211 e. The van der Waals surface area contributed by atoms with Gasteiger partial charge in [-0.2, -0.15) is 0 Å². The van der Waals surface area contributed by atoms with E-state index in [1.807, 2.05) is 0 Å². The number of rotatable bonds is 3. The first-order chi connectivity index (χ1) is 7.42. The first-order valence-electron chi connectivity index (χ1n) is 5.55. The van der Waals surface area contributed by atoms with Gasteiger partial charge >= 0.3 is 0 Å². The summed E-state index contributed by atoms with van der Waals surface area (Å²) in [6, 6.07) is 6.50. The Morgan fingerprint density at radius 2 is 2.13 bits per heavy atom. The molecule has 0 unspecified atom stereocenters. The number of fused-ring (bicyclic) bond motifs is 1. The molecule has 1 aromatic carbocycles. The smallest absolute Gasteiger partial charge is 0.211 e. The molecule has 0 aliphatic heterocycles. The van der Waals surface area contributed by atoms with E-state index in [4.69, 9.17) is 0 Å². The first-order valence-corrected chi connectivity index (χ1v) is 5.55. The molecule has 2 rings (SSSR count). The third-order valence-corrected chi connectivity index (χ3v) is 3.05. The van der Waals surface area contributed by atoms with E-state index in [9.17, 15) is 4.79 Å². The normalized spacial score (nSPS) is 14.1. The summed E-state index contributed by atoms with van der Waals surface area (Å²) in [4.78, 5) is 13.6. The lowest BCUT2D eigenvalue weighted by molar-refractivity contribution is 0.563. The minimum absolute atomic E-state index is 0.569. The summed E-state index contributed by atoms with van der Waals surface area (Å²) in [7, 11) is 0. The van der Waals surface area contributed by atoms with Crippen LogP contribution in [0, 0.1) is 0 Å². The fourth-order valence-corrected chi connectivity index (χ4v) is 2.32. The van der Waals surface area contributed by atoms with Gasteiger partial charge in [-0.1, -0.05) is 18.2 Å². The van der Waals surface area contributed by atoms with Gasteiger partial charge in [-0.15, -0.1) is 0 Å². The van der Waals surface area contributed by atoms with Crippen LogP contribution in [-0.2, 0) is 24.1 Å². The van der Waals surface area contributed by atoms with Crippen molar-refractivity contribution in [2.45, 2.75) is 32.1 Å². The van der Waals surface area contributed by atoms with Gasteiger partial charge in [-0.25, -0.2) is 9.79 Å². The van der Waals surface area contributed by atoms with Gasteiger partial charge in [0.05, 0.1) is 6.54 Å². The maximum atomic E-state index is 9.99. The van der Waals surface area contributed by atoms with Gasteiger partial charge in [0.1, 0.15) is 0 Å². The van der Waals surface area contributed by atoms with E-state index >= 15 is 0 Å². The van der Waals surface area contributed by atoms with E-state index in [-0.39, 0.29) is 0 Å². The van der Waals surface area contributed by atoms with Crippen LogP contribution < -0.4 is 0 Å². The molecule has 1 aliphatic rings. The van der Waals surface area contributed by atoms with Crippen molar-refractivity contribution in [3.8, 4) is 0 Å². The van der Waals surface area contributed by atoms with Crippen LogP contribution in [0.3, 0.4) is 0 Å². The van der Waals surface area contributed by atoms with E-state index in [1.54, 1.807) is 6.08 Å². The number of benzene rings is 1. The van der Waals surface area contributed by atoms with Gasteiger partial charge in [0.2, 0.25) is 6.08 Å². The number of isocyanates is 1. The highest BCUT2D eigenvalue weighted by molar-refractivity contribution is 5.38. The summed E-state index contributed by atoms with van der Waals surface area (Å²) in [6.07, 6.45) is 7.47. The molecule has 0 radical (unpaired) electrons. The minimum atomic E-state index is 0.569. The van der Waals surface area contributed by atoms with Crippen molar-refractivity contribution < 1.29 is 4.79 Å². The molecule has 0 saturated carbocycles. The second-order valence-electron chi connectivity index (χ2n) is 3.98.